The van der Waals surface area contributed by atoms with Crippen LogP contribution in [0.25, 0.3) is 0 Å². The van der Waals surface area contributed by atoms with Crippen LogP contribution in [0.15, 0.2) is 12.3 Å². The van der Waals surface area contributed by atoms with Gasteiger partial charge >= 0.3 is 0 Å². The zero-order valence-electron chi connectivity index (χ0n) is 12.3. The van der Waals surface area contributed by atoms with Crippen molar-refractivity contribution in [3.63, 3.8) is 0 Å². The van der Waals surface area contributed by atoms with E-state index in [2.05, 4.69) is 20.2 Å². The molecule has 2 fully saturated rings. The van der Waals surface area contributed by atoms with Crippen LogP contribution in [0.5, 0.6) is 0 Å². The predicted molar refractivity (Wildman–Crippen MR) is 79.4 cm³/mol. The summed E-state index contributed by atoms with van der Waals surface area (Å²) in [6.45, 7) is 4.65. The Bertz CT molecular complexity index is 453. The maximum atomic E-state index is 6.08. The molecule has 1 atom stereocenters. The fraction of sp³-hybridized carbons (Fsp3) is 0.714. The smallest absolute Gasteiger partial charge is 0.226 e. The summed E-state index contributed by atoms with van der Waals surface area (Å²) in [4.78, 5) is 13.2. The molecule has 0 radical (unpaired) electrons. The SMILES string of the molecule is CN(C)c1nccc(N2CCCC3(CNCCO3)C2)n1. The average Bonchev–Trinajstić information content (AvgIpc) is 2.48. The van der Waals surface area contributed by atoms with Crippen molar-refractivity contribution in [1.29, 1.82) is 0 Å². The Morgan fingerprint density at radius 2 is 2.35 bits per heavy atom. The van der Waals surface area contributed by atoms with Gasteiger partial charge in [0.15, 0.2) is 0 Å². The van der Waals surface area contributed by atoms with Crippen LogP contribution in [0, 0.1) is 0 Å². The van der Waals surface area contributed by atoms with Gasteiger partial charge in [-0.15, -0.1) is 0 Å². The molecule has 0 saturated carbocycles. The topological polar surface area (TPSA) is 53.5 Å². The molecule has 6 heteroatoms. The van der Waals surface area contributed by atoms with Crippen LogP contribution in [0.1, 0.15) is 12.8 Å². The molecule has 0 aliphatic carbocycles. The lowest BCUT2D eigenvalue weighted by molar-refractivity contribution is -0.0726. The largest absolute Gasteiger partial charge is 0.371 e. The van der Waals surface area contributed by atoms with Crippen molar-refractivity contribution in [2.75, 3.05) is 56.7 Å². The molecule has 0 aromatic carbocycles. The highest BCUT2D eigenvalue weighted by atomic mass is 16.5. The van der Waals surface area contributed by atoms with Gasteiger partial charge in [0, 0.05) is 46.5 Å². The Kier molecular flexibility index (Phi) is 3.76. The van der Waals surface area contributed by atoms with Crippen molar-refractivity contribution >= 4 is 11.8 Å². The van der Waals surface area contributed by atoms with E-state index in [0.717, 1.165) is 57.4 Å². The van der Waals surface area contributed by atoms with Crippen molar-refractivity contribution in [2.45, 2.75) is 18.4 Å². The minimum atomic E-state index is -0.0419. The molecule has 3 heterocycles. The number of hydrogen-bond acceptors (Lipinski definition) is 6. The monoisotopic (exact) mass is 277 g/mol. The molecular weight excluding hydrogens is 254 g/mol. The summed E-state index contributed by atoms with van der Waals surface area (Å²) in [5.74, 6) is 1.75. The molecule has 1 spiro atoms. The van der Waals surface area contributed by atoms with E-state index in [0.29, 0.717) is 0 Å². The minimum absolute atomic E-state index is 0.0419. The third kappa shape index (κ3) is 2.71. The summed E-state index contributed by atoms with van der Waals surface area (Å²) in [6.07, 6.45) is 4.10. The van der Waals surface area contributed by atoms with Crippen molar-refractivity contribution < 1.29 is 4.74 Å². The van der Waals surface area contributed by atoms with Gasteiger partial charge in [0.2, 0.25) is 5.95 Å². The van der Waals surface area contributed by atoms with Gasteiger partial charge in [-0.05, 0) is 18.9 Å². The van der Waals surface area contributed by atoms with Crippen LogP contribution in [-0.2, 0) is 4.74 Å². The van der Waals surface area contributed by atoms with Gasteiger partial charge in [-0.2, -0.15) is 4.98 Å². The molecule has 2 saturated heterocycles. The number of anilines is 2. The Morgan fingerprint density at radius 1 is 1.45 bits per heavy atom. The van der Waals surface area contributed by atoms with Crippen LogP contribution >= 0.6 is 0 Å². The lowest BCUT2D eigenvalue weighted by Crippen LogP contribution is -2.59. The Hall–Kier alpha value is -1.40. The van der Waals surface area contributed by atoms with Gasteiger partial charge < -0.3 is 19.9 Å². The van der Waals surface area contributed by atoms with Crippen molar-refractivity contribution in [3.05, 3.63) is 12.3 Å². The Labute approximate surface area is 120 Å². The second-order valence-electron chi connectivity index (χ2n) is 5.84. The average molecular weight is 277 g/mol. The number of rotatable bonds is 2. The fourth-order valence-electron chi connectivity index (χ4n) is 2.99. The number of nitrogens with one attached hydrogen (secondary N) is 1. The number of piperidine rings is 1. The number of nitrogens with zero attached hydrogens (tertiary/aromatic N) is 4. The summed E-state index contributed by atoms with van der Waals surface area (Å²) < 4.78 is 6.08. The first-order chi connectivity index (χ1) is 9.69. The molecule has 3 rings (SSSR count). The normalized spacial score (nSPS) is 26.8. The van der Waals surface area contributed by atoms with Crippen LogP contribution in [0.4, 0.5) is 11.8 Å². The third-order valence-corrected chi connectivity index (χ3v) is 4.03. The van der Waals surface area contributed by atoms with Crippen molar-refractivity contribution in [3.8, 4) is 0 Å². The summed E-state index contributed by atoms with van der Waals surface area (Å²) in [5, 5.41) is 3.45. The summed E-state index contributed by atoms with van der Waals surface area (Å²) in [5.41, 5.74) is -0.0419. The number of ether oxygens (including phenoxy) is 1. The van der Waals surface area contributed by atoms with Gasteiger partial charge in [0.25, 0.3) is 0 Å². The molecule has 2 aliphatic rings. The van der Waals surface area contributed by atoms with Gasteiger partial charge in [0.05, 0.1) is 12.2 Å². The molecule has 20 heavy (non-hydrogen) atoms. The van der Waals surface area contributed by atoms with Crippen molar-refractivity contribution in [1.82, 2.24) is 15.3 Å². The molecule has 1 aromatic heterocycles. The van der Waals surface area contributed by atoms with E-state index in [-0.39, 0.29) is 5.60 Å². The van der Waals surface area contributed by atoms with E-state index in [4.69, 9.17) is 4.74 Å². The van der Waals surface area contributed by atoms with Crippen LogP contribution in [0.3, 0.4) is 0 Å². The van der Waals surface area contributed by atoms with Crippen molar-refractivity contribution in [2.24, 2.45) is 0 Å². The number of morpholine rings is 1. The zero-order chi connectivity index (χ0) is 14.0. The van der Waals surface area contributed by atoms with E-state index in [9.17, 15) is 0 Å². The standard InChI is InChI=1S/C14H23N5O/c1-18(2)13-16-6-4-12(17-13)19-8-3-5-14(11-19)10-15-7-9-20-14/h4,6,15H,3,5,7-11H2,1-2H3. The molecule has 6 nitrogen and oxygen atoms in total. The van der Waals surface area contributed by atoms with E-state index in [1.807, 2.05) is 31.3 Å². The number of aromatic nitrogens is 2. The molecule has 110 valence electrons. The second-order valence-corrected chi connectivity index (χ2v) is 5.84. The van der Waals surface area contributed by atoms with Gasteiger partial charge in [0.1, 0.15) is 5.82 Å². The van der Waals surface area contributed by atoms with Crippen LogP contribution in [0.2, 0.25) is 0 Å². The first-order valence-electron chi connectivity index (χ1n) is 7.29. The minimum Gasteiger partial charge on any atom is -0.371 e. The zero-order valence-corrected chi connectivity index (χ0v) is 12.3. The molecule has 2 aliphatic heterocycles. The van der Waals surface area contributed by atoms with E-state index in [1.165, 1.54) is 0 Å². The van der Waals surface area contributed by atoms with E-state index < -0.39 is 0 Å². The third-order valence-electron chi connectivity index (χ3n) is 4.03. The number of hydrogen-bond donors (Lipinski definition) is 1. The molecule has 0 bridgehead atoms. The van der Waals surface area contributed by atoms with Gasteiger partial charge in [-0.1, -0.05) is 0 Å². The molecule has 1 unspecified atom stereocenters. The quantitative estimate of drug-likeness (QED) is 0.850. The Morgan fingerprint density at radius 3 is 3.10 bits per heavy atom. The predicted octanol–water partition coefficient (Wildman–Crippen LogP) is 0.501. The fourth-order valence-corrected chi connectivity index (χ4v) is 2.99. The molecular formula is C14H23N5O. The first kappa shape index (κ1) is 13.6. The van der Waals surface area contributed by atoms with E-state index in [1.54, 1.807) is 0 Å². The molecule has 1 aromatic rings. The highest BCUT2D eigenvalue weighted by Crippen LogP contribution is 2.29. The highest BCUT2D eigenvalue weighted by molar-refractivity contribution is 5.44. The Balaban J connectivity index is 1.78. The van der Waals surface area contributed by atoms with Crippen LogP contribution < -0.4 is 15.1 Å². The summed E-state index contributed by atoms with van der Waals surface area (Å²) >= 11 is 0. The maximum absolute atomic E-state index is 6.08. The van der Waals surface area contributed by atoms with Crippen LogP contribution in [-0.4, -0.2) is 62.5 Å². The van der Waals surface area contributed by atoms with Gasteiger partial charge in [-0.3, -0.25) is 0 Å². The lowest BCUT2D eigenvalue weighted by atomic mass is 9.91. The summed E-state index contributed by atoms with van der Waals surface area (Å²) in [7, 11) is 3.93. The van der Waals surface area contributed by atoms with E-state index >= 15 is 0 Å². The second kappa shape index (κ2) is 5.54. The maximum Gasteiger partial charge on any atom is 0.226 e. The molecule has 0 amide bonds. The lowest BCUT2D eigenvalue weighted by Gasteiger charge is -2.45. The molecule has 1 N–H and O–H groups in total. The first-order valence-corrected chi connectivity index (χ1v) is 7.29. The highest BCUT2D eigenvalue weighted by Gasteiger charge is 2.38. The van der Waals surface area contributed by atoms with Gasteiger partial charge in [-0.25, -0.2) is 4.98 Å². The summed E-state index contributed by atoms with van der Waals surface area (Å²) in [6, 6.07) is 1.99.